The van der Waals surface area contributed by atoms with Crippen molar-refractivity contribution in [2.75, 3.05) is 0 Å². The second kappa shape index (κ2) is 10.6. The highest BCUT2D eigenvalue weighted by molar-refractivity contribution is 7.26. The molecular weight excluding hydrogens is 579 g/mol. The van der Waals surface area contributed by atoms with E-state index in [9.17, 15) is 5.26 Å². The molecule has 2 aromatic heterocycles. The van der Waals surface area contributed by atoms with E-state index in [4.69, 9.17) is 4.42 Å². The van der Waals surface area contributed by atoms with Gasteiger partial charge in [-0.25, -0.2) is 0 Å². The van der Waals surface area contributed by atoms with Crippen molar-refractivity contribution in [2.24, 2.45) is 0 Å². The quantitative estimate of drug-likeness (QED) is 0.201. The lowest BCUT2D eigenvalue weighted by Crippen LogP contribution is -1.87. The lowest BCUT2D eigenvalue weighted by atomic mass is 9.93. The SMILES string of the molecule is N#Cc1cc(-c2cccc(-c3cccc(-c4cccc5c4oc4ccccc45)c3)c2)cc(-c2cccc3c2sc2ccccc23)c1. The Bertz CT molecular complexity index is 2670. The summed E-state index contributed by atoms with van der Waals surface area (Å²) in [5.41, 5.74) is 11.2. The molecule has 2 heterocycles. The fraction of sp³-hybridized carbons (Fsp3) is 0. The molecule has 0 bridgehead atoms. The predicted octanol–water partition coefficient (Wildman–Crippen LogP) is 12.5. The summed E-state index contributed by atoms with van der Waals surface area (Å²) in [5.74, 6) is 0. The molecule has 0 aliphatic heterocycles. The number of thiophene rings is 1. The summed E-state index contributed by atoms with van der Waals surface area (Å²) in [7, 11) is 0. The molecule has 0 radical (unpaired) electrons. The lowest BCUT2D eigenvalue weighted by molar-refractivity contribution is 0.670. The molecule has 0 fully saturated rings. The first-order chi connectivity index (χ1) is 22.7. The molecule has 0 saturated heterocycles. The van der Waals surface area contributed by atoms with Gasteiger partial charge in [0, 0.05) is 36.5 Å². The monoisotopic (exact) mass is 603 g/mol. The van der Waals surface area contributed by atoms with E-state index in [0.717, 1.165) is 66.4 Å². The maximum atomic E-state index is 10.0. The van der Waals surface area contributed by atoms with Crippen molar-refractivity contribution >= 4 is 53.4 Å². The molecule has 0 spiro atoms. The van der Waals surface area contributed by atoms with Gasteiger partial charge >= 0.3 is 0 Å². The summed E-state index contributed by atoms with van der Waals surface area (Å²) in [6.45, 7) is 0. The van der Waals surface area contributed by atoms with Gasteiger partial charge in [0.1, 0.15) is 11.2 Å². The van der Waals surface area contributed by atoms with E-state index < -0.39 is 0 Å². The largest absolute Gasteiger partial charge is 0.455 e. The molecule has 46 heavy (non-hydrogen) atoms. The minimum atomic E-state index is 0.650. The van der Waals surface area contributed by atoms with Crippen LogP contribution in [0, 0.1) is 11.3 Å². The summed E-state index contributed by atoms with van der Waals surface area (Å²) in [6, 6.07) is 55.5. The Morgan fingerprint density at radius 2 is 1.04 bits per heavy atom. The zero-order valence-electron chi connectivity index (χ0n) is 24.7. The highest BCUT2D eigenvalue weighted by atomic mass is 32.1. The first kappa shape index (κ1) is 26.5. The van der Waals surface area contributed by atoms with Gasteiger partial charge in [-0.2, -0.15) is 5.26 Å². The summed E-state index contributed by atoms with van der Waals surface area (Å²) < 4.78 is 8.86. The van der Waals surface area contributed by atoms with Crippen LogP contribution in [-0.2, 0) is 0 Å². The van der Waals surface area contributed by atoms with Gasteiger partial charge in [-0.3, -0.25) is 0 Å². The van der Waals surface area contributed by atoms with E-state index in [1.807, 2.05) is 35.6 Å². The van der Waals surface area contributed by atoms with Crippen molar-refractivity contribution in [3.63, 3.8) is 0 Å². The Balaban J connectivity index is 1.14. The fourth-order valence-electron chi connectivity index (χ4n) is 6.71. The van der Waals surface area contributed by atoms with E-state index >= 15 is 0 Å². The first-order valence-electron chi connectivity index (χ1n) is 15.3. The number of para-hydroxylation sites is 2. The zero-order chi connectivity index (χ0) is 30.6. The molecule has 214 valence electrons. The Kier molecular flexibility index (Phi) is 6.09. The van der Waals surface area contributed by atoms with Crippen LogP contribution in [0.4, 0.5) is 0 Å². The smallest absolute Gasteiger partial charge is 0.143 e. The number of hydrogen-bond acceptors (Lipinski definition) is 3. The molecule has 0 N–H and O–H groups in total. The van der Waals surface area contributed by atoms with Gasteiger partial charge in [-0.05, 0) is 81.4 Å². The standard InChI is InChI=1S/C43H25NOS/c44-26-27-21-32(25-33(22-27)35-16-8-18-39-37-14-2-4-20-41(37)46-43(35)39)30-11-5-9-28(23-30)29-10-6-12-31(24-29)34-15-7-17-38-36-13-1-3-19-40(36)45-42(34)38/h1-25H. The maximum absolute atomic E-state index is 10.0. The molecule has 0 unspecified atom stereocenters. The third-order valence-corrected chi connectivity index (χ3v) is 10.1. The number of nitrogens with zero attached hydrogens (tertiary/aromatic N) is 1. The number of fused-ring (bicyclic) bond motifs is 6. The Morgan fingerprint density at radius 1 is 0.457 bits per heavy atom. The van der Waals surface area contributed by atoms with Gasteiger partial charge in [0.15, 0.2) is 0 Å². The molecule has 0 atom stereocenters. The second-order valence-corrected chi connectivity index (χ2v) is 12.7. The molecular formula is C43H25NOS. The van der Waals surface area contributed by atoms with Crippen molar-refractivity contribution in [1.29, 1.82) is 5.26 Å². The molecule has 0 amide bonds. The Hall–Kier alpha value is -5.95. The molecule has 7 aromatic carbocycles. The predicted molar refractivity (Wildman–Crippen MR) is 193 cm³/mol. The Labute approximate surface area is 270 Å². The lowest BCUT2D eigenvalue weighted by Gasteiger charge is -2.11. The van der Waals surface area contributed by atoms with Crippen LogP contribution >= 0.6 is 11.3 Å². The van der Waals surface area contributed by atoms with Crippen LogP contribution in [0.15, 0.2) is 156 Å². The van der Waals surface area contributed by atoms with Crippen molar-refractivity contribution in [3.05, 3.63) is 157 Å². The van der Waals surface area contributed by atoms with Gasteiger partial charge in [0.05, 0.1) is 11.6 Å². The zero-order valence-corrected chi connectivity index (χ0v) is 25.5. The van der Waals surface area contributed by atoms with E-state index in [1.165, 1.54) is 20.2 Å². The van der Waals surface area contributed by atoms with E-state index in [0.29, 0.717) is 5.56 Å². The van der Waals surface area contributed by atoms with Crippen LogP contribution in [0.1, 0.15) is 5.56 Å². The summed E-state index contributed by atoms with van der Waals surface area (Å²) >= 11 is 1.81. The van der Waals surface area contributed by atoms with Crippen molar-refractivity contribution in [3.8, 4) is 50.6 Å². The van der Waals surface area contributed by atoms with Crippen LogP contribution in [0.25, 0.3) is 86.6 Å². The number of nitriles is 1. The summed E-state index contributed by atoms with van der Waals surface area (Å²) in [5, 5.41) is 14.8. The second-order valence-electron chi connectivity index (χ2n) is 11.6. The van der Waals surface area contributed by atoms with Crippen LogP contribution < -0.4 is 0 Å². The van der Waals surface area contributed by atoms with Gasteiger partial charge in [-0.15, -0.1) is 11.3 Å². The van der Waals surface area contributed by atoms with Crippen molar-refractivity contribution in [1.82, 2.24) is 0 Å². The summed E-state index contributed by atoms with van der Waals surface area (Å²) in [6.07, 6.45) is 0. The molecule has 0 saturated carbocycles. The molecule has 3 heteroatoms. The average molecular weight is 604 g/mol. The molecule has 9 aromatic rings. The maximum Gasteiger partial charge on any atom is 0.143 e. The van der Waals surface area contributed by atoms with Gasteiger partial charge in [0.25, 0.3) is 0 Å². The first-order valence-corrected chi connectivity index (χ1v) is 16.1. The molecule has 2 nitrogen and oxygen atoms in total. The van der Waals surface area contributed by atoms with Crippen LogP contribution in [0.5, 0.6) is 0 Å². The number of rotatable bonds is 4. The number of benzene rings is 7. The highest BCUT2D eigenvalue weighted by Gasteiger charge is 2.14. The van der Waals surface area contributed by atoms with E-state index in [2.05, 4.69) is 133 Å². The minimum absolute atomic E-state index is 0.650. The highest BCUT2D eigenvalue weighted by Crippen LogP contribution is 2.41. The van der Waals surface area contributed by atoms with Crippen LogP contribution in [-0.4, -0.2) is 0 Å². The third-order valence-electron chi connectivity index (χ3n) is 8.88. The van der Waals surface area contributed by atoms with Crippen LogP contribution in [0.2, 0.25) is 0 Å². The van der Waals surface area contributed by atoms with Crippen molar-refractivity contribution in [2.45, 2.75) is 0 Å². The van der Waals surface area contributed by atoms with E-state index in [1.54, 1.807) is 0 Å². The topological polar surface area (TPSA) is 36.9 Å². The van der Waals surface area contributed by atoms with E-state index in [-0.39, 0.29) is 0 Å². The molecule has 9 rings (SSSR count). The fourth-order valence-corrected chi connectivity index (χ4v) is 7.95. The van der Waals surface area contributed by atoms with Gasteiger partial charge in [-0.1, -0.05) is 109 Å². The number of furan rings is 1. The van der Waals surface area contributed by atoms with Crippen molar-refractivity contribution < 1.29 is 4.42 Å². The minimum Gasteiger partial charge on any atom is -0.455 e. The van der Waals surface area contributed by atoms with Gasteiger partial charge < -0.3 is 4.42 Å². The molecule has 0 aliphatic rings. The summed E-state index contributed by atoms with van der Waals surface area (Å²) in [4.78, 5) is 0. The Morgan fingerprint density at radius 3 is 1.87 bits per heavy atom. The average Bonchev–Trinajstić information content (AvgIpc) is 3.70. The molecule has 0 aliphatic carbocycles. The third kappa shape index (κ3) is 4.31. The van der Waals surface area contributed by atoms with Crippen LogP contribution in [0.3, 0.4) is 0 Å². The number of hydrogen-bond donors (Lipinski definition) is 0. The normalized spacial score (nSPS) is 11.5. The van der Waals surface area contributed by atoms with Gasteiger partial charge in [0.2, 0.25) is 0 Å².